The molecule has 106 heavy (non-hydrogen) atoms. The van der Waals surface area contributed by atoms with E-state index in [1.807, 2.05) is 21.1 Å². The number of quaternary nitrogens is 1. The van der Waals surface area contributed by atoms with Gasteiger partial charge in [-0.1, -0.05) is 388 Å². The van der Waals surface area contributed by atoms with E-state index in [4.69, 9.17) is 18.5 Å². The first kappa shape index (κ1) is 101. The third-order valence-corrected chi connectivity index (χ3v) is 19.1. The smallest absolute Gasteiger partial charge is 0.306 e. The van der Waals surface area contributed by atoms with Crippen molar-refractivity contribution in [3.8, 4) is 0 Å². The van der Waals surface area contributed by atoms with Crippen molar-refractivity contribution < 1.29 is 42.1 Å². The van der Waals surface area contributed by atoms with Gasteiger partial charge in [0.25, 0.3) is 7.82 Å². The van der Waals surface area contributed by atoms with Crippen LogP contribution in [0.1, 0.15) is 348 Å². The fraction of sp³-hybridized carbons (Fsp3) is 0.646. The monoisotopic (exact) mass is 1490 g/mol. The zero-order valence-electron chi connectivity index (χ0n) is 68.8. The van der Waals surface area contributed by atoms with Crippen LogP contribution in [-0.4, -0.2) is 70.0 Å². The van der Waals surface area contributed by atoms with Crippen molar-refractivity contribution in [2.24, 2.45) is 0 Å². The summed E-state index contributed by atoms with van der Waals surface area (Å²) in [5.41, 5.74) is 0. The molecule has 0 rings (SSSR count). The maximum absolute atomic E-state index is 12.9. The molecule has 9 nitrogen and oxygen atoms in total. The molecular weight excluding hydrogens is 1330 g/mol. The van der Waals surface area contributed by atoms with Crippen molar-refractivity contribution in [1.29, 1.82) is 0 Å². The van der Waals surface area contributed by atoms with Gasteiger partial charge in [-0.3, -0.25) is 14.2 Å². The standard InChI is InChI=1S/C96H160NO8P/c1-6-8-10-12-14-16-18-20-22-24-26-28-30-32-34-36-38-40-42-44-46-48-50-52-54-56-58-60-62-64-66-68-70-72-74-76-78-80-82-84-86-88-95(98)102-92-94(93-104-106(100,101)103-91-90-97(3,4)5)105-96(99)89-87-85-83-81-79-77-75-73-71-69-67-65-63-61-59-57-55-53-51-49-47-45-43-41-39-37-35-33-31-29-27-25-23-21-19-17-15-13-11-9-7-2/h8-11,14-17,20-23,26-29,32-35,38-41,44-47,50-53,94H,6-7,12-13,18-19,24-25,30-31,36-37,42-43,48-49,54-93H2,1-5H3/b10-8-,11-9-,16-14-,17-15-,22-20-,23-21-,28-26-,29-27-,34-32-,35-33-,40-38-,41-39-,46-44-,47-45-,52-50-,53-51-. The average molecular weight is 1490 g/mol. The van der Waals surface area contributed by atoms with E-state index in [2.05, 4.69) is 208 Å². The van der Waals surface area contributed by atoms with Gasteiger partial charge >= 0.3 is 11.9 Å². The molecule has 0 amide bonds. The van der Waals surface area contributed by atoms with Crippen molar-refractivity contribution in [3.05, 3.63) is 194 Å². The van der Waals surface area contributed by atoms with Crippen LogP contribution in [0.15, 0.2) is 194 Å². The van der Waals surface area contributed by atoms with Gasteiger partial charge in [-0.15, -0.1) is 0 Å². The molecule has 2 unspecified atom stereocenters. The molecule has 0 aromatic carbocycles. The molecule has 0 aromatic heterocycles. The van der Waals surface area contributed by atoms with Gasteiger partial charge in [-0.2, -0.15) is 0 Å². The molecular formula is C96H160NO8P. The summed E-state index contributed by atoms with van der Waals surface area (Å²) in [7, 11) is 1.16. The number of allylic oxidation sites excluding steroid dienone is 32. The molecule has 0 radical (unpaired) electrons. The molecule has 0 aliphatic rings. The molecule has 0 fully saturated rings. The molecule has 0 aliphatic carbocycles. The maximum atomic E-state index is 12.9. The van der Waals surface area contributed by atoms with Gasteiger partial charge in [0.05, 0.1) is 27.7 Å². The summed E-state index contributed by atoms with van der Waals surface area (Å²) in [6.07, 6.45) is 130. The second-order valence-electron chi connectivity index (χ2n) is 29.4. The van der Waals surface area contributed by atoms with Crippen LogP contribution in [-0.2, 0) is 32.7 Å². The van der Waals surface area contributed by atoms with Gasteiger partial charge in [-0.05, 0) is 141 Å². The normalized spacial score (nSPS) is 14.0. The Labute approximate surface area is 653 Å². The number of unbranched alkanes of at least 4 members (excludes halogenated alkanes) is 32. The fourth-order valence-electron chi connectivity index (χ4n) is 11.6. The molecule has 0 spiro atoms. The lowest BCUT2D eigenvalue weighted by atomic mass is 10.0. The minimum absolute atomic E-state index is 0.0364. The third-order valence-electron chi connectivity index (χ3n) is 18.1. The fourth-order valence-corrected chi connectivity index (χ4v) is 12.4. The van der Waals surface area contributed by atoms with Gasteiger partial charge in [-0.25, -0.2) is 0 Å². The van der Waals surface area contributed by atoms with E-state index in [-0.39, 0.29) is 32.0 Å². The van der Waals surface area contributed by atoms with Gasteiger partial charge in [0.1, 0.15) is 19.8 Å². The molecule has 10 heteroatoms. The number of carbonyl (C=O) groups is 2. The molecule has 2 atom stereocenters. The van der Waals surface area contributed by atoms with Crippen LogP contribution in [0.2, 0.25) is 0 Å². The molecule has 0 N–H and O–H groups in total. The first-order valence-corrected chi connectivity index (χ1v) is 44.6. The number of carbonyl (C=O) groups excluding carboxylic acids is 2. The van der Waals surface area contributed by atoms with Crippen LogP contribution in [0.25, 0.3) is 0 Å². The Balaban J connectivity index is 3.97. The van der Waals surface area contributed by atoms with Crippen molar-refractivity contribution >= 4 is 19.8 Å². The maximum Gasteiger partial charge on any atom is 0.306 e. The van der Waals surface area contributed by atoms with Gasteiger partial charge in [0.2, 0.25) is 0 Å². The Hall–Kier alpha value is -5.15. The molecule has 0 aromatic rings. The van der Waals surface area contributed by atoms with E-state index in [1.54, 1.807) is 0 Å². The summed E-state index contributed by atoms with van der Waals surface area (Å²) in [5, 5.41) is 0. The number of ether oxygens (including phenoxy) is 2. The van der Waals surface area contributed by atoms with Crippen LogP contribution in [0.3, 0.4) is 0 Å². The van der Waals surface area contributed by atoms with Crippen molar-refractivity contribution in [2.45, 2.75) is 354 Å². The Kier molecular flexibility index (Phi) is 79.8. The van der Waals surface area contributed by atoms with Gasteiger partial charge in [0, 0.05) is 12.8 Å². The second-order valence-corrected chi connectivity index (χ2v) is 30.8. The van der Waals surface area contributed by atoms with E-state index in [1.165, 1.54) is 173 Å². The number of phosphoric acid groups is 1. The molecule has 602 valence electrons. The highest BCUT2D eigenvalue weighted by Gasteiger charge is 2.22. The van der Waals surface area contributed by atoms with Crippen LogP contribution in [0.5, 0.6) is 0 Å². The second kappa shape index (κ2) is 83.9. The minimum atomic E-state index is -4.66. The number of phosphoric ester groups is 1. The molecule has 0 saturated carbocycles. The predicted octanol–water partition coefficient (Wildman–Crippen LogP) is 28.9. The Morgan fingerprint density at radius 3 is 0.755 bits per heavy atom. The lowest BCUT2D eigenvalue weighted by Crippen LogP contribution is -2.37. The lowest BCUT2D eigenvalue weighted by molar-refractivity contribution is -0.870. The first-order valence-electron chi connectivity index (χ1n) is 43.1. The third kappa shape index (κ3) is 87.8. The van der Waals surface area contributed by atoms with Crippen LogP contribution >= 0.6 is 7.82 Å². The largest absolute Gasteiger partial charge is 0.756 e. The number of hydrogen-bond donors (Lipinski definition) is 0. The predicted molar refractivity (Wildman–Crippen MR) is 461 cm³/mol. The van der Waals surface area contributed by atoms with E-state index >= 15 is 0 Å². The Morgan fingerprint density at radius 1 is 0.292 bits per heavy atom. The number of rotatable bonds is 78. The summed E-state index contributed by atoms with van der Waals surface area (Å²) < 4.78 is 34.5. The highest BCUT2D eigenvalue weighted by Crippen LogP contribution is 2.38. The summed E-state index contributed by atoms with van der Waals surface area (Å²) in [6, 6.07) is 0. The molecule has 0 aliphatic heterocycles. The highest BCUT2D eigenvalue weighted by atomic mass is 31.2. The van der Waals surface area contributed by atoms with Gasteiger partial charge < -0.3 is 27.9 Å². The number of nitrogens with zero attached hydrogens (tertiary/aromatic N) is 1. The lowest BCUT2D eigenvalue weighted by Gasteiger charge is -2.28. The average Bonchev–Trinajstić information content (AvgIpc) is 0.951. The zero-order chi connectivity index (χ0) is 76.8. The van der Waals surface area contributed by atoms with Crippen LogP contribution in [0.4, 0.5) is 0 Å². The number of hydrogen-bond acceptors (Lipinski definition) is 8. The minimum Gasteiger partial charge on any atom is -0.756 e. The number of esters is 2. The quantitative estimate of drug-likeness (QED) is 0.0195. The van der Waals surface area contributed by atoms with Crippen molar-refractivity contribution in [1.82, 2.24) is 0 Å². The molecule has 0 saturated heterocycles. The van der Waals surface area contributed by atoms with Crippen molar-refractivity contribution in [2.75, 3.05) is 47.5 Å². The van der Waals surface area contributed by atoms with Crippen LogP contribution in [0, 0.1) is 0 Å². The highest BCUT2D eigenvalue weighted by molar-refractivity contribution is 7.45. The summed E-state index contributed by atoms with van der Waals surface area (Å²) >= 11 is 0. The topological polar surface area (TPSA) is 111 Å². The van der Waals surface area contributed by atoms with Crippen molar-refractivity contribution in [3.63, 3.8) is 0 Å². The van der Waals surface area contributed by atoms with E-state index in [0.717, 1.165) is 141 Å². The van der Waals surface area contributed by atoms with E-state index < -0.39 is 26.5 Å². The molecule has 0 bridgehead atoms. The first-order chi connectivity index (χ1) is 52.0. The zero-order valence-corrected chi connectivity index (χ0v) is 69.7. The summed E-state index contributed by atoms with van der Waals surface area (Å²) in [6.45, 7) is 4.03. The SMILES string of the molecule is CC/C=C\C/C=C\C/C=C\C/C=C\C/C=C\C/C=C\C/C=C\C/C=C\CCCCCCCCCCCCCCCCCCC(=O)OCC(COP(=O)([O-])OCC[N+](C)(C)C)OC(=O)CCCCCCCCCCCCCCCCCC/C=C\C/C=C\C/C=C\C/C=C\C/C=C\C/C=C\C/C=C\C/C=C\CC. The molecule has 0 heterocycles. The van der Waals surface area contributed by atoms with E-state index in [9.17, 15) is 19.0 Å². The number of likely N-dealkylation sites (N-methyl/N-ethyl adjacent to an activating group) is 1. The summed E-state index contributed by atoms with van der Waals surface area (Å²) in [4.78, 5) is 38.3. The van der Waals surface area contributed by atoms with Crippen LogP contribution < -0.4 is 4.89 Å². The van der Waals surface area contributed by atoms with Gasteiger partial charge in [0.15, 0.2) is 6.10 Å². The summed E-state index contributed by atoms with van der Waals surface area (Å²) in [5.74, 6) is -0.830. The Morgan fingerprint density at radius 2 is 0.509 bits per heavy atom. The Bertz CT molecular complexity index is 2510. The van der Waals surface area contributed by atoms with E-state index in [0.29, 0.717) is 17.4 Å².